The first kappa shape index (κ1) is 32.9. The third-order valence-corrected chi connectivity index (χ3v) is 4.30. The number of phosphoric acid groups is 1. The first-order valence-corrected chi connectivity index (χ1v) is 8.91. The highest BCUT2D eigenvalue weighted by atomic mass is 31.2. The average Bonchev–Trinajstić information content (AvgIpc) is 2.48. The molecule has 23 heteroatoms. The summed E-state index contributed by atoms with van der Waals surface area (Å²) in [5.41, 5.74) is -6.62. The normalized spacial score (nSPS) is 16.4. The Morgan fingerprint density at radius 3 is 1.12 bits per heavy atom. The van der Waals surface area contributed by atoms with Gasteiger partial charge < -0.3 is 9.79 Å². The van der Waals surface area contributed by atoms with Gasteiger partial charge in [-0.2, -0.15) is 70.2 Å². The Morgan fingerprint density at radius 1 is 0.588 bits per heavy atom. The molecule has 0 aliphatic carbocycles. The van der Waals surface area contributed by atoms with Gasteiger partial charge in [-0.3, -0.25) is 4.52 Å². The molecule has 0 fully saturated rings. The van der Waals surface area contributed by atoms with E-state index in [0.29, 0.717) is 0 Å². The van der Waals surface area contributed by atoms with Crippen LogP contribution in [0.15, 0.2) is 0 Å². The van der Waals surface area contributed by atoms with Crippen molar-refractivity contribution >= 4 is 7.82 Å². The van der Waals surface area contributed by atoms with Crippen LogP contribution in [-0.2, 0) is 9.09 Å². The molecule has 0 bridgehead atoms. The van der Waals surface area contributed by atoms with Gasteiger partial charge in [0.1, 0.15) is 0 Å². The van der Waals surface area contributed by atoms with Gasteiger partial charge in [0, 0.05) is 0 Å². The van der Waals surface area contributed by atoms with Crippen LogP contribution < -0.4 is 0 Å². The minimum atomic E-state index is -8.59. The Bertz CT molecular complexity index is 749. The van der Waals surface area contributed by atoms with Gasteiger partial charge in [0.05, 0.1) is 12.8 Å². The van der Waals surface area contributed by atoms with E-state index in [-0.39, 0.29) is 0 Å². The molecule has 0 spiro atoms. The van der Waals surface area contributed by atoms with Gasteiger partial charge >= 0.3 is 56.2 Å². The van der Waals surface area contributed by atoms with Crippen LogP contribution in [0.4, 0.5) is 79.0 Å². The molecule has 206 valence electrons. The molecule has 0 aliphatic rings. The second-order valence-corrected chi connectivity index (χ2v) is 7.55. The summed E-state index contributed by atoms with van der Waals surface area (Å²) in [6, 6.07) is 0. The van der Waals surface area contributed by atoms with Crippen LogP contribution in [0.2, 0.25) is 0 Å². The Morgan fingerprint density at radius 2 is 0.882 bits per heavy atom. The predicted molar refractivity (Wildman–Crippen MR) is 67.9 cm³/mol. The Balaban J connectivity index is 7.39. The van der Waals surface area contributed by atoms with Crippen LogP contribution in [0.1, 0.15) is 12.8 Å². The molecule has 0 rings (SSSR count). The van der Waals surface area contributed by atoms with Crippen LogP contribution in [0.25, 0.3) is 0 Å². The van der Waals surface area contributed by atoms with E-state index in [4.69, 9.17) is 9.79 Å². The van der Waals surface area contributed by atoms with Crippen molar-refractivity contribution in [2.75, 3.05) is 0 Å². The fourth-order valence-electron chi connectivity index (χ4n) is 2.31. The lowest BCUT2D eigenvalue weighted by molar-refractivity contribution is -0.433. The van der Waals surface area contributed by atoms with E-state index >= 15 is 0 Å². The number of phosphoric ester groups is 1. The molecule has 0 saturated heterocycles. The van der Waals surface area contributed by atoms with E-state index in [1.165, 1.54) is 0 Å². The minimum Gasteiger partial charge on any atom is -0.303 e. The SMILES string of the molecule is O=P(O)(O)OC(CC(F)(F)F)(CC(F)(F)F)C(F)(F)C(F)(F)C(F)(F)C(F)(F)C(F)(F)C(F)F. The van der Waals surface area contributed by atoms with Gasteiger partial charge in [-0.1, -0.05) is 0 Å². The van der Waals surface area contributed by atoms with Crippen molar-refractivity contribution in [3.05, 3.63) is 0 Å². The second-order valence-electron chi connectivity index (χ2n) is 6.38. The standard InChI is InChI=1S/C11H7F18O4P/c12-3(13)7(20,21)9(24,25)11(28,29)10(26,27)8(22,23)4(1-5(14,15)16,2-6(17,18)19)33-34(30,31)32/h3H,1-2H2,(H2,30,31,32). The zero-order chi connectivity index (χ0) is 28.2. The predicted octanol–water partition coefficient (Wildman–Crippen LogP) is 6.18. The highest BCUT2D eigenvalue weighted by Crippen LogP contribution is 2.64. The fourth-order valence-corrected chi connectivity index (χ4v) is 3.01. The van der Waals surface area contributed by atoms with Crippen molar-refractivity contribution in [2.45, 2.75) is 66.8 Å². The first-order chi connectivity index (χ1) is 14.3. The zero-order valence-corrected chi connectivity index (χ0v) is 15.8. The fraction of sp³-hybridized carbons (Fsp3) is 1.00. The summed E-state index contributed by atoms with van der Waals surface area (Å²) in [5, 5.41) is 0. The molecule has 34 heavy (non-hydrogen) atoms. The third kappa shape index (κ3) is 5.97. The average molecular weight is 576 g/mol. The lowest BCUT2D eigenvalue weighted by atomic mass is 9.80. The van der Waals surface area contributed by atoms with Crippen LogP contribution in [0.3, 0.4) is 0 Å². The van der Waals surface area contributed by atoms with Crippen LogP contribution in [-0.4, -0.2) is 63.8 Å². The molecule has 0 aromatic rings. The van der Waals surface area contributed by atoms with Gasteiger partial charge in [-0.25, -0.2) is 13.3 Å². The lowest BCUT2D eigenvalue weighted by Crippen LogP contribution is -2.73. The Labute approximate surface area is 174 Å². The first-order valence-electron chi connectivity index (χ1n) is 7.38. The summed E-state index contributed by atoms with van der Waals surface area (Å²) in [4.78, 5) is 16.7. The number of rotatable bonds is 10. The molecule has 2 N–H and O–H groups in total. The van der Waals surface area contributed by atoms with Gasteiger partial charge in [-0.05, 0) is 0 Å². The Kier molecular flexibility index (Phi) is 8.46. The lowest BCUT2D eigenvalue weighted by Gasteiger charge is -2.46. The number of halogens is 18. The van der Waals surface area contributed by atoms with E-state index < -0.39 is 74.7 Å². The molecule has 0 unspecified atom stereocenters. The molecule has 0 atom stereocenters. The molecule has 0 aromatic heterocycles. The largest absolute Gasteiger partial charge is 0.470 e. The van der Waals surface area contributed by atoms with Crippen LogP contribution in [0.5, 0.6) is 0 Å². The summed E-state index contributed by atoms with van der Waals surface area (Å²) in [5.74, 6) is -41.3. The van der Waals surface area contributed by atoms with E-state index in [2.05, 4.69) is 4.52 Å². The number of hydrogen-bond acceptors (Lipinski definition) is 2. The number of hydrogen-bond donors (Lipinski definition) is 2. The number of alkyl halides is 18. The quantitative estimate of drug-likeness (QED) is 0.241. The van der Waals surface area contributed by atoms with Gasteiger partial charge in [0.15, 0.2) is 5.60 Å². The molecule has 0 radical (unpaired) electrons. The zero-order valence-electron chi connectivity index (χ0n) is 15.0. The smallest absolute Gasteiger partial charge is 0.303 e. The highest BCUT2D eigenvalue weighted by Gasteiger charge is 2.91. The maximum Gasteiger partial charge on any atom is 0.470 e. The summed E-state index contributed by atoms with van der Waals surface area (Å²) in [6.07, 6.45) is -28.1. The van der Waals surface area contributed by atoms with Crippen molar-refractivity contribution in [2.24, 2.45) is 0 Å². The summed E-state index contributed by atoms with van der Waals surface area (Å²) >= 11 is 0. The summed E-state index contributed by atoms with van der Waals surface area (Å²) < 4.78 is 248. The molecular formula is C11H7F18O4P. The highest BCUT2D eigenvalue weighted by molar-refractivity contribution is 7.46. The van der Waals surface area contributed by atoms with Crippen molar-refractivity contribution in [3.63, 3.8) is 0 Å². The summed E-state index contributed by atoms with van der Waals surface area (Å²) in [7, 11) is -7.28. The molecular weight excluding hydrogens is 569 g/mol. The molecule has 0 aliphatic heterocycles. The Hall–Kier alpha value is -1.15. The van der Waals surface area contributed by atoms with Gasteiger partial charge in [-0.15, -0.1) is 0 Å². The van der Waals surface area contributed by atoms with E-state index in [1.807, 2.05) is 0 Å². The van der Waals surface area contributed by atoms with Crippen molar-refractivity contribution in [3.8, 4) is 0 Å². The van der Waals surface area contributed by atoms with E-state index in [1.54, 1.807) is 0 Å². The summed E-state index contributed by atoms with van der Waals surface area (Å²) in [6.45, 7) is 0. The van der Waals surface area contributed by atoms with Gasteiger partial charge in [0.2, 0.25) is 0 Å². The molecule has 0 heterocycles. The van der Waals surface area contributed by atoms with Crippen molar-refractivity contribution in [1.82, 2.24) is 0 Å². The van der Waals surface area contributed by atoms with Crippen LogP contribution >= 0.6 is 7.82 Å². The molecule has 0 amide bonds. The van der Waals surface area contributed by atoms with Crippen molar-refractivity contribution < 1.29 is 97.9 Å². The van der Waals surface area contributed by atoms with E-state index in [9.17, 15) is 83.6 Å². The molecule has 4 nitrogen and oxygen atoms in total. The topological polar surface area (TPSA) is 66.8 Å². The van der Waals surface area contributed by atoms with Crippen molar-refractivity contribution in [1.29, 1.82) is 0 Å². The molecule has 0 saturated carbocycles. The minimum absolute atomic E-state index is 2.45. The monoisotopic (exact) mass is 576 g/mol. The maximum absolute atomic E-state index is 14.3. The third-order valence-electron chi connectivity index (χ3n) is 3.71. The second kappa shape index (κ2) is 8.75. The maximum atomic E-state index is 14.3. The molecule has 0 aromatic carbocycles. The van der Waals surface area contributed by atoms with Crippen LogP contribution in [0, 0.1) is 0 Å². The van der Waals surface area contributed by atoms with Gasteiger partial charge in [0.25, 0.3) is 0 Å². The van der Waals surface area contributed by atoms with E-state index in [0.717, 1.165) is 0 Å².